The van der Waals surface area contributed by atoms with Gasteiger partial charge in [-0.05, 0) is 42.4 Å². The molecule has 4 nitrogen and oxygen atoms in total. The first kappa shape index (κ1) is 16.1. The lowest BCUT2D eigenvalue weighted by Crippen LogP contribution is -2.28. The van der Waals surface area contributed by atoms with Crippen LogP contribution in [0, 0.1) is 11.8 Å². The molecule has 0 aromatic heterocycles. The third kappa shape index (κ3) is 3.60. The smallest absolute Gasteiger partial charge is 0.416 e. The van der Waals surface area contributed by atoms with Gasteiger partial charge in [0.15, 0.2) is 0 Å². The Labute approximate surface area is 131 Å². The minimum Gasteiger partial charge on any atom is -0.465 e. The second-order valence-electron chi connectivity index (χ2n) is 6.31. The molecule has 1 saturated heterocycles. The summed E-state index contributed by atoms with van der Waals surface area (Å²) in [5, 5.41) is 8.98. The molecule has 23 heavy (non-hydrogen) atoms. The van der Waals surface area contributed by atoms with E-state index < -0.39 is 17.8 Å². The van der Waals surface area contributed by atoms with Crippen molar-refractivity contribution in [3.05, 3.63) is 35.4 Å². The third-order valence-corrected chi connectivity index (χ3v) is 4.72. The topological polar surface area (TPSA) is 49.8 Å². The standard InChI is InChI=1S/C16H18F3NO3/c17-16(18,19)13-3-1-2-10(4-13)9-23-14-5-11-7-20(15(21)22)8-12(11)6-14/h1-4,11-12,14H,5-9H2,(H,21,22)/t11-,12+,14-. The van der Waals surface area contributed by atoms with Crippen molar-refractivity contribution in [3.8, 4) is 0 Å². The van der Waals surface area contributed by atoms with Gasteiger partial charge in [-0.1, -0.05) is 12.1 Å². The van der Waals surface area contributed by atoms with Gasteiger partial charge in [0.05, 0.1) is 18.3 Å². The fourth-order valence-electron chi connectivity index (χ4n) is 3.59. The molecule has 0 spiro atoms. The summed E-state index contributed by atoms with van der Waals surface area (Å²) in [6.07, 6.45) is -3.70. The number of amides is 1. The first-order valence-corrected chi connectivity index (χ1v) is 7.58. The third-order valence-electron chi connectivity index (χ3n) is 4.72. The number of hydrogen-bond donors (Lipinski definition) is 1. The Morgan fingerprint density at radius 1 is 1.26 bits per heavy atom. The second kappa shape index (κ2) is 6.03. The van der Waals surface area contributed by atoms with Gasteiger partial charge in [-0.2, -0.15) is 13.2 Å². The van der Waals surface area contributed by atoms with Gasteiger partial charge >= 0.3 is 12.3 Å². The van der Waals surface area contributed by atoms with E-state index in [9.17, 15) is 18.0 Å². The lowest BCUT2D eigenvalue weighted by molar-refractivity contribution is -0.137. The van der Waals surface area contributed by atoms with Gasteiger partial charge in [-0.3, -0.25) is 0 Å². The number of nitrogens with zero attached hydrogens (tertiary/aromatic N) is 1. The first-order chi connectivity index (χ1) is 10.8. The Morgan fingerprint density at radius 3 is 2.48 bits per heavy atom. The number of carboxylic acid groups (broad SMARTS) is 1. The Bertz CT molecular complexity index is 576. The van der Waals surface area contributed by atoms with Crippen LogP contribution in [0.25, 0.3) is 0 Å². The van der Waals surface area contributed by atoms with E-state index >= 15 is 0 Å². The highest BCUT2D eigenvalue weighted by atomic mass is 19.4. The number of ether oxygens (including phenoxy) is 1. The predicted molar refractivity (Wildman–Crippen MR) is 75.8 cm³/mol. The molecule has 1 N–H and O–H groups in total. The molecule has 1 heterocycles. The van der Waals surface area contributed by atoms with Crippen LogP contribution in [0.3, 0.4) is 0 Å². The predicted octanol–water partition coefficient (Wildman–Crippen LogP) is 3.61. The minimum atomic E-state index is -4.35. The Balaban J connectivity index is 1.52. The number of halogens is 3. The molecular formula is C16H18F3NO3. The molecule has 0 radical (unpaired) electrons. The van der Waals surface area contributed by atoms with E-state index in [1.54, 1.807) is 6.07 Å². The van der Waals surface area contributed by atoms with Gasteiger partial charge in [0.25, 0.3) is 0 Å². The summed E-state index contributed by atoms with van der Waals surface area (Å²) in [7, 11) is 0. The summed E-state index contributed by atoms with van der Waals surface area (Å²) >= 11 is 0. The number of alkyl halides is 3. The van der Waals surface area contributed by atoms with E-state index in [0.29, 0.717) is 30.5 Å². The maximum absolute atomic E-state index is 12.7. The summed E-state index contributed by atoms with van der Waals surface area (Å²) < 4.78 is 43.8. The molecule has 1 aromatic rings. The lowest BCUT2D eigenvalue weighted by atomic mass is 10.0. The highest BCUT2D eigenvalue weighted by Crippen LogP contribution is 2.39. The zero-order valence-corrected chi connectivity index (χ0v) is 12.4. The SMILES string of the molecule is O=C(O)N1C[C@H]2C[C@@H](OCc3cccc(C(F)(F)F)c3)C[C@H]2C1. The summed E-state index contributed by atoms with van der Waals surface area (Å²) in [5.74, 6) is 0.607. The van der Waals surface area contributed by atoms with E-state index in [2.05, 4.69) is 0 Å². The number of carbonyl (C=O) groups is 1. The highest BCUT2D eigenvalue weighted by molar-refractivity contribution is 5.65. The molecular weight excluding hydrogens is 311 g/mol. The van der Waals surface area contributed by atoms with Crippen molar-refractivity contribution in [2.75, 3.05) is 13.1 Å². The fourth-order valence-corrected chi connectivity index (χ4v) is 3.59. The van der Waals surface area contributed by atoms with Gasteiger partial charge in [0, 0.05) is 13.1 Å². The Morgan fingerprint density at radius 2 is 1.91 bits per heavy atom. The number of benzene rings is 1. The van der Waals surface area contributed by atoms with Crippen LogP contribution >= 0.6 is 0 Å². The van der Waals surface area contributed by atoms with Gasteiger partial charge in [-0.15, -0.1) is 0 Å². The van der Waals surface area contributed by atoms with Gasteiger partial charge in [0.1, 0.15) is 0 Å². The van der Waals surface area contributed by atoms with Crippen LogP contribution in [0.5, 0.6) is 0 Å². The largest absolute Gasteiger partial charge is 0.465 e. The molecule has 1 amide bonds. The molecule has 2 fully saturated rings. The van der Waals surface area contributed by atoms with E-state index in [1.165, 1.54) is 11.0 Å². The quantitative estimate of drug-likeness (QED) is 0.921. The van der Waals surface area contributed by atoms with E-state index in [0.717, 1.165) is 25.0 Å². The van der Waals surface area contributed by atoms with Crippen molar-refractivity contribution < 1.29 is 27.8 Å². The maximum atomic E-state index is 12.7. The Kier molecular flexibility index (Phi) is 4.23. The van der Waals surface area contributed by atoms with Gasteiger partial charge < -0.3 is 14.7 Å². The number of likely N-dealkylation sites (tertiary alicyclic amines) is 1. The van der Waals surface area contributed by atoms with Crippen molar-refractivity contribution in [3.63, 3.8) is 0 Å². The summed E-state index contributed by atoms with van der Waals surface area (Å²) in [5.41, 5.74) is -0.164. The van der Waals surface area contributed by atoms with Crippen molar-refractivity contribution in [1.29, 1.82) is 0 Å². The Hall–Kier alpha value is -1.76. The fraction of sp³-hybridized carbons (Fsp3) is 0.562. The normalized spacial score (nSPS) is 27.3. The molecule has 1 aliphatic heterocycles. The van der Waals surface area contributed by atoms with Crippen LogP contribution in [0.1, 0.15) is 24.0 Å². The second-order valence-corrected chi connectivity index (χ2v) is 6.31. The van der Waals surface area contributed by atoms with Gasteiger partial charge in [0.2, 0.25) is 0 Å². The van der Waals surface area contributed by atoms with E-state index in [-0.39, 0.29) is 12.7 Å². The zero-order chi connectivity index (χ0) is 16.6. The van der Waals surface area contributed by atoms with Crippen molar-refractivity contribution in [2.45, 2.75) is 31.7 Å². The van der Waals surface area contributed by atoms with Crippen LogP contribution in [0.15, 0.2) is 24.3 Å². The molecule has 1 saturated carbocycles. The van der Waals surface area contributed by atoms with Crippen LogP contribution in [-0.2, 0) is 17.5 Å². The molecule has 1 aromatic carbocycles. The van der Waals surface area contributed by atoms with Crippen LogP contribution in [-0.4, -0.2) is 35.3 Å². The maximum Gasteiger partial charge on any atom is 0.416 e. The molecule has 126 valence electrons. The average Bonchev–Trinajstić information content (AvgIpc) is 3.02. The number of fused-ring (bicyclic) bond motifs is 1. The number of rotatable bonds is 3. The van der Waals surface area contributed by atoms with Crippen LogP contribution in [0.4, 0.5) is 18.0 Å². The van der Waals surface area contributed by atoms with Crippen molar-refractivity contribution in [1.82, 2.24) is 4.90 Å². The molecule has 0 unspecified atom stereocenters. The van der Waals surface area contributed by atoms with Crippen LogP contribution < -0.4 is 0 Å². The molecule has 0 bridgehead atoms. The zero-order valence-electron chi connectivity index (χ0n) is 12.4. The molecule has 3 atom stereocenters. The van der Waals surface area contributed by atoms with Crippen molar-refractivity contribution >= 4 is 6.09 Å². The average molecular weight is 329 g/mol. The summed E-state index contributed by atoms with van der Waals surface area (Å²) in [6.45, 7) is 1.21. The summed E-state index contributed by atoms with van der Waals surface area (Å²) in [4.78, 5) is 12.4. The monoisotopic (exact) mass is 329 g/mol. The van der Waals surface area contributed by atoms with E-state index in [1.807, 2.05) is 0 Å². The molecule has 7 heteroatoms. The first-order valence-electron chi connectivity index (χ1n) is 7.58. The van der Waals surface area contributed by atoms with Crippen molar-refractivity contribution in [2.24, 2.45) is 11.8 Å². The summed E-state index contributed by atoms with van der Waals surface area (Å²) in [6, 6.07) is 5.17. The number of hydrogen-bond acceptors (Lipinski definition) is 2. The van der Waals surface area contributed by atoms with Gasteiger partial charge in [-0.25, -0.2) is 4.79 Å². The molecule has 2 aliphatic rings. The highest BCUT2D eigenvalue weighted by Gasteiger charge is 2.42. The minimum absolute atomic E-state index is 0.00418. The molecule has 1 aliphatic carbocycles. The van der Waals surface area contributed by atoms with Crippen LogP contribution in [0.2, 0.25) is 0 Å². The molecule has 3 rings (SSSR count). The van der Waals surface area contributed by atoms with E-state index in [4.69, 9.17) is 9.84 Å². The lowest BCUT2D eigenvalue weighted by Gasteiger charge is -2.17.